The number of carboxylic acids is 1. The lowest BCUT2D eigenvalue weighted by atomic mass is 10.1. The lowest BCUT2D eigenvalue weighted by molar-refractivity contribution is -0.305. The molecule has 1 saturated carbocycles. The van der Waals surface area contributed by atoms with Gasteiger partial charge in [-0.05, 0) is 24.3 Å². The largest absolute Gasteiger partial charge is 0.550 e. The fourth-order valence-electron chi connectivity index (χ4n) is 2.06. The Bertz CT molecular complexity index is 515. The zero-order valence-corrected chi connectivity index (χ0v) is 10.8. The maximum absolute atomic E-state index is 11.8. The molecule has 2 amide bonds. The molecule has 20 heavy (non-hydrogen) atoms. The summed E-state index contributed by atoms with van der Waals surface area (Å²) in [5.74, 6) is -2.03. The molecule has 0 spiro atoms. The van der Waals surface area contributed by atoms with Gasteiger partial charge in [0.05, 0.1) is 0 Å². The van der Waals surface area contributed by atoms with E-state index in [2.05, 4.69) is 10.9 Å². The van der Waals surface area contributed by atoms with Crippen molar-refractivity contribution in [2.45, 2.75) is 25.2 Å². The van der Waals surface area contributed by atoms with Crippen LogP contribution in [-0.4, -0.2) is 17.8 Å². The third-order valence-electron chi connectivity index (χ3n) is 3.24. The molecule has 0 heterocycles. The molecule has 1 aromatic carbocycles. The summed E-state index contributed by atoms with van der Waals surface area (Å²) in [5, 5.41) is 10.2. The maximum atomic E-state index is 11.8. The number of aliphatic carboxylic acids is 1. The van der Waals surface area contributed by atoms with Gasteiger partial charge in [0.1, 0.15) is 0 Å². The van der Waals surface area contributed by atoms with Gasteiger partial charge in [0.25, 0.3) is 0 Å². The van der Waals surface area contributed by atoms with E-state index in [0.717, 1.165) is 12.0 Å². The minimum absolute atomic E-state index is 0.140. The molecule has 106 valence electrons. The van der Waals surface area contributed by atoms with Gasteiger partial charge in [-0.25, -0.2) is 0 Å². The standard InChI is InChI=1S/C14H16N2O4/c17-12(6-7-13(18)19)15-16-14(20)11-8-10(11)9-4-2-1-3-5-9/h1-5,10-11H,6-8H2,(H,15,17)(H,16,20)(H,18,19)/p-1/t10-,11-/m1/s1. The predicted molar refractivity (Wildman–Crippen MR) is 67.8 cm³/mol. The minimum Gasteiger partial charge on any atom is -0.550 e. The van der Waals surface area contributed by atoms with Crippen LogP contribution in [0.5, 0.6) is 0 Å². The molecular weight excluding hydrogens is 260 g/mol. The number of carboxylic acid groups (broad SMARTS) is 1. The van der Waals surface area contributed by atoms with Crippen LogP contribution in [0.4, 0.5) is 0 Å². The molecular formula is C14H15N2O4-. The van der Waals surface area contributed by atoms with Crippen LogP contribution in [0, 0.1) is 5.92 Å². The number of hydrogen-bond acceptors (Lipinski definition) is 4. The van der Waals surface area contributed by atoms with Crippen molar-refractivity contribution in [1.29, 1.82) is 0 Å². The highest BCUT2D eigenvalue weighted by Gasteiger charge is 2.43. The number of carbonyl (C=O) groups excluding carboxylic acids is 3. The summed E-state index contributed by atoms with van der Waals surface area (Å²) in [4.78, 5) is 33.2. The van der Waals surface area contributed by atoms with Crippen LogP contribution in [0.15, 0.2) is 30.3 Å². The Morgan fingerprint density at radius 3 is 2.45 bits per heavy atom. The van der Waals surface area contributed by atoms with Crippen molar-refractivity contribution in [2.75, 3.05) is 0 Å². The second-order valence-electron chi connectivity index (χ2n) is 4.77. The highest BCUT2D eigenvalue weighted by molar-refractivity contribution is 5.86. The molecule has 6 nitrogen and oxygen atoms in total. The fraction of sp³-hybridized carbons (Fsp3) is 0.357. The Morgan fingerprint density at radius 1 is 1.10 bits per heavy atom. The predicted octanol–water partition coefficient (Wildman–Crippen LogP) is -0.532. The van der Waals surface area contributed by atoms with Gasteiger partial charge in [-0.15, -0.1) is 0 Å². The molecule has 0 radical (unpaired) electrons. The van der Waals surface area contributed by atoms with E-state index in [0.29, 0.717) is 0 Å². The van der Waals surface area contributed by atoms with E-state index in [1.165, 1.54) is 0 Å². The smallest absolute Gasteiger partial charge is 0.242 e. The van der Waals surface area contributed by atoms with Crippen LogP contribution >= 0.6 is 0 Å². The lowest BCUT2D eigenvalue weighted by Gasteiger charge is -2.07. The molecule has 1 fully saturated rings. The first-order chi connectivity index (χ1) is 9.58. The molecule has 1 aromatic rings. The van der Waals surface area contributed by atoms with Crippen LogP contribution in [0.2, 0.25) is 0 Å². The van der Waals surface area contributed by atoms with E-state index < -0.39 is 11.9 Å². The number of rotatable bonds is 5. The minimum atomic E-state index is -1.29. The zero-order valence-electron chi connectivity index (χ0n) is 10.8. The summed E-state index contributed by atoms with van der Waals surface area (Å²) in [7, 11) is 0. The van der Waals surface area contributed by atoms with Crippen molar-refractivity contribution in [1.82, 2.24) is 10.9 Å². The molecule has 0 aliphatic heterocycles. The molecule has 1 aliphatic carbocycles. The van der Waals surface area contributed by atoms with Gasteiger partial charge < -0.3 is 9.90 Å². The van der Waals surface area contributed by atoms with Crippen molar-refractivity contribution < 1.29 is 19.5 Å². The van der Waals surface area contributed by atoms with Gasteiger partial charge in [0.2, 0.25) is 11.8 Å². The van der Waals surface area contributed by atoms with Crippen LogP contribution < -0.4 is 16.0 Å². The molecule has 1 aliphatic rings. The molecule has 0 aromatic heterocycles. The molecule has 0 bridgehead atoms. The van der Waals surface area contributed by atoms with E-state index in [-0.39, 0.29) is 30.6 Å². The van der Waals surface area contributed by atoms with E-state index in [1.807, 2.05) is 30.3 Å². The summed E-state index contributed by atoms with van der Waals surface area (Å²) in [6.45, 7) is 0. The van der Waals surface area contributed by atoms with E-state index in [4.69, 9.17) is 0 Å². The van der Waals surface area contributed by atoms with E-state index in [9.17, 15) is 19.5 Å². The zero-order chi connectivity index (χ0) is 14.5. The van der Waals surface area contributed by atoms with Gasteiger partial charge in [-0.1, -0.05) is 30.3 Å². The van der Waals surface area contributed by atoms with Crippen LogP contribution in [-0.2, 0) is 14.4 Å². The van der Waals surface area contributed by atoms with Gasteiger partial charge in [-0.2, -0.15) is 0 Å². The van der Waals surface area contributed by atoms with Gasteiger partial charge >= 0.3 is 0 Å². The number of nitrogens with one attached hydrogen (secondary N) is 2. The Balaban J connectivity index is 1.72. The number of benzene rings is 1. The van der Waals surface area contributed by atoms with Crippen molar-refractivity contribution in [3.8, 4) is 0 Å². The fourth-order valence-corrected chi connectivity index (χ4v) is 2.06. The first kappa shape index (κ1) is 14.0. The number of hydrogen-bond donors (Lipinski definition) is 2. The van der Waals surface area contributed by atoms with Crippen LogP contribution in [0.1, 0.15) is 30.7 Å². The Hall–Kier alpha value is -2.37. The highest BCUT2D eigenvalue weighted by Crippen LogP contribution is 2.47. The summed E-state index contributed by atoms with van der Waals surface area (Å²) in [6, 6.07) is 9.69. The average Bonchev–Trinajstić information content (AvgIpc) is 3.24. The topological polar surface area (TPSA) is 98.3 Å². The first-order valence-corrected chi connectivity index (χ1v) is 6.41. The molecule has 2 N–H and O–H groups in total. The Labute approximate surface area is 116 Å². The van der Waals surface area contributed by atoms with E-state index in [1.54, 1.807) is 0 Å². The van der Waals surface area contributed by atoms with Crippen molar-refractivity contribution in [2.24, 2.45) is 5.92 Å². The third kappa shape index (κ3) is 3.81. The summed E-state index contributed by atoms with van der Waals surface area (Å²) < 4.78 is 0. The average molecular weight is 275 g/mol. The summed E-state index contributed by atoms with van der Waals surface area (Å²) in [5.41, 5.74) is 5.62. The van der Waals surface area contributed by atoms with Crippen LogP contribution in [0.3, 0.4) is 0 Å². The van der Waals surface area contributed by atoms with Crippen molar-refractivity contribution >= 4 is 17.8 Å². The monoisotopic (exact) mass is 275 g/mol. The quantitative estimate of drug-likeness (QED) is 0.706. The normalized spacial score (nSPS) is 20.0. The van der Waals surface area contributed by atoms with Crippen LogP contribution in [0.25, 0.3) is 0 Å². The molecule has 0 saturated heterocycles. The SMILES string of the molecule is O=C([O-])CCC(=O)NNC(=O)[C@@H]1C[C@@H]1c1ccccc1. The molecule has 6 heteroatoms. The molecule has 2 atom stereocenters. The Morgan fingerprint density at radius 2 is 1.80 bits per heavy atom. The Kier molecular flexibility index (Phi) is 4.34. The number of amides is 2. The van der Waals surface area contributed by atoms with Gasteiger partial charge in [-0.3, -0.25) is 20.4 Å². The lowest BCUT2D eigenvalue weighted by Crippen LogP contribution is -2.43. The highest BCUT2D eigenvalue weighted by atomic mass is 16.4. The van der Waals surface area contributed by atoms with E-state index >= 15 is 0 Å². The second kappa shape index (κ2) is 6.18. The van der Waals surface area contributed by atoms with Gasteiger partial charge in [0, 0.05) is 18.3 Å². The summed E-state index contributed by atoms with van der Waals surface area (Å²) >= 11 is 0. The third-order valence-corrected chi connectivity index (χ3v) is 3.24. The van der Waals surface area contributed by atoms with Gasteiger partial charge in [0.15, 0.2) is 0 Å². The molecule has 0 unspecified atom stereocenters. The van der Waals surface area contributed by atoms with Crippen molar-refractivity contribution in [3.63, 3.8) is 0 Å². The molecule has 2 rings (SSSR count). The summed E-state index contributed by atoms with van der Waals surface area (Å²) in [6.07, 6.45) is 0.179. The number of hydrazine groups is 1. The second-order valence-corrected chi connectivity index (χ2v) is 4.77. The first-order valence-electron chi connectivity index (χ1n) is 6.41. The number of carbonyl (C=O) groups is 3. The maximum Gasteiger partial charge on any atom is 0.242 e. The van der Waals surface area contributed by atoms with Crippen molar-refractivity contribution in [3.05, 3.63) is 35.9 Å².